The summed E-state index contributed by atoms with van der Waals surface area (Å²) in [7, 11) is -1.14. The number of piperazine rings is 1. The highest BCUT2D eigenvalue weighted by molar-refractivity contribution is 7.90. The molecule has 3 aromatic rings. The zero-order valence-electron chi connectivity index (χ0n) is 20.2. The number of sulfone groups is 1. The molecular weight excluding hydrogens is 458 g/mol. The summed E-state index contributed by atoms with van der Waals surface area (Å²) >= 11 is 1.66. The molecule has 0 saturated carbocycles. The predicted octanol–water partition coefficient (Wildman–Crippen LogP) is 2.90. The number of pyridine rings is 1. The fourth-order valence-corrected chi connectivity index (χ4v) is 6.10. The number of aromatic nitrogens is 3. The summed E-state index contributed by atoms with van der Waals surface area (Å²) in [5.74, 6) is 0.478. The molecule has 180 valence electrons. The van der Waals surface area contributed by atoms with Gasteiger partial charge in [0.05, 0.1) is 11.4 Å². The average Bonchev–Trinajstić information content (AvgIpc) is 3.31. The Bertz CT molecular complexity index is 1340. The largest absolute Gasteiger partial charge is 0.345 e. The highest BCUT2D eigenvalue weighted by atomic mass is 32.2. The lowest BCUT2D eigenvalue weighted by Gasteiger charge is -2.34. The van der Waals surface area contributed by atoms with Crippen molar-refractivity contribution in [2.75, 3.05) is 49.6 Å². The van der Waals surface area contributed by atoms with E-state index in [9.17, 15) is 13.2 Å². The zero-order valence-corrected chi connectivity index (χ0v) is 21.9. The van der Waals surface area contributed by atoms with Crippen LogP contribution in [-0.2, 0) is 16.9 Å². The molecule has 10 heteroatoms. The molecule has 0 aliphatic carbocycles. The molecule has 0 spiro atoms. The minimum absolute atomic E-state index is 0.0341. The summed E-state index contributed by atoms with van der Waals surface area (Å²) in [5, 5.41) is 1.00. The third kappa shape index (κ3) is 4.74. The van der Waals surface area contributed by atoms with Gasteiger partial charge in [-0.3, -0.25) is 9.69 Å². The van der Waals surface area contributed by atoms with Crippen LogP contribution >= 0.6 is 11.3 Å². The van der Waals surface area contributed by atoms with Crippen LogP contribution in [0, 0.1) is 13.8 Å². The topological polar surface area (TPSA) is 91.3 Å². The lowest BCUT2D eigenvalue weighted by molar-refractivity contribution is 0.272. The van der Waals surface area contributed by atoms with E-state index in [1.54, 1.807) is 23.0 Å². The third-order valence-electron chi connectivity index (χ3n) is 6.58. The van der Waals surface area contributed by atoms with Crippen molar-refractivity contribution in [3.05, 3.63) is 33.2 Å². The molecule has 1 fully saturated rings. The summed E-state index contributed by atoms with van der Waals surface area (Å²) in [6.45, 7) is 12.2. The van der Waals surface area contributed by atoms with Gasteiger partial charge in [-0.25, -0.2) is 13.4 Å². The van der Waals surface area contributed by atoms with Crippen LogP contribution in [-0.4, -0.2) is 72.6 Å². The number of nitrogens with zero attached hydrogens (tertiary/aromatic N) is 4. The molecule has 0 amide bonds. The van der Waals surface area contributed by atoms with Crippen molar-refractivity contribution in [3.8, 4) is 11.3 Å². The average molecular weight is 492 g/mol. The second-order valence-electron chi connectivity index (χ2n) is 9.41. The molecule has 8 nitrogen and oxygen atoms in total. The first-order valence-corrected chi connectivity index (χ1v) is 14.2. The molecule has 0 radical (unpaired) electrons. The van der Waals surface area contributed by atoms with Crippen LogP contribution in [0.4, 0.5) is 5.13 Å². The summed E-state index contributed by atoms with van der Waals surface area (Å²) in [4.78, 5) is 26.6. The Balaban J connectivity index is 1.63. The van der Waals surface area contributed by atoms with E-state index in [0.717, 1.165) is 64.0 Å². The monoisotopic (exact) mass is 491 g/mol. The number of anilines is 1. The van der Waals surface area contributed by atoms with Crippen LogP contribution in [0.25, 0.3) is 21.6 Å². The van der Waals surface area contributed by atoms with Crippen molar-refractivity contribution < 1.29 is 8.42 Å². The lowest BCUT2D eigenvalue weighted by Crippen LogP contribution is -2.47. The van der Waals surface area contributed by atoms with Crippen molar-refractivity contribution in [2.24, 2.45) is 7.05 Å². The van der Waals surface area contributed by atoms with E-state index in [0.29, 0.717) is 6.54 Å². The molecule has 1 aliphatic heterocycles. The van der Waals surface area contributed by atoms with Gasteiger partial charge in [0.25, 0.3) is 5.56 Å². The van der Waals surface area contributed by atoms with Crippen molar-refractivity contribution in [3.63, 3.8) is 0 Å². The molecule has 0 unspecified atom stereocenters. The van der Waals surface area contributed by atoms with Gasteiger partial charge in [0.1, 0.15) is 20.2 Å². The number of rotatable bonds is 6. The summed E-state index contributed by atoms with van der Waals surface area (Å²) < 4.78 is 24.6. The number of H-pyrrole nitrogens is 1. The van der Waals surface area contributed by atoms with Crippen molar-refractivity contribution in [2.45, 2.75) is 33.6 Å². The van der Waals surface area contributed by atoms with E-state index in [2.05, 4.69) is 28.6 Å². The minimum Gasteiger partial charge on any atom is -0.345 e. The number of fused-ring (bicyclic) bond motifs is 1. The molecular formula is C23H33N5O3S2. The Morgan fingerprint density at radius 1 is 1.15 bits per heavy atom. The number of hydrogen-bond acceptors (Lipinski definition) is 7. The maximum absolute atomic E-state index is 12.4. The Morgan fingerprint density at radius 2 is 1.82 bits per heavy atom. The van der Waals surface area contributed by atoms with Gasteiger partial charge in [0, 0.05) is 68.9 Å². The highest BCUT2D eigenvalue weighted by Crippen LogP contribution is 2.40. The number of nitrogens with one attached hydrogen (secondary N) is 1. The number of aromatic amines is 1. The smallest absolute Gasteiger partial charge is 0.253 e. The van der Waals surface area contributed by atoms with Crippen LogP contribution < -0.4 is 10.5 Å². The second-order valence-corrected chi connectivity index (χ2v) is 12.6. The van der Waals surface area contributed by atoms with Crippen LogP contribution in [0.15, 0.2) is 11.0 Å². The van der Waals surface area contributed by atoms with Crippen LogP contribution in [0.2, 0.25) is 0 Å². The van der Waals surface area contributed by atoms with Crippen LogP contribution in [0.5, 0.6) is 0 Å². The summed E-state index contributed by atoms with van der Waals surface area (Å²) in [5.41, 5.74) is 6.08. The van der Waals surface area contributed by atoms with Crippen LogP contribution in [0.1, 0.15) is 36.5 Å². The van der Waals surface area contributed by atoms with Gasteiger partial charge >= 0.3 is 0 Å². The van der Waals surface area contributed by atoms with Crippen molar-refractivity contribution >= 4 is 36.7 Å². The van der Waals surface area contributed by atoms with E-state index in [4.69, 9.17) is 4.98 Å². The third-order valence-corrected chi connectivity index (χ3v) is 8.53. The molecule has 1 aliphatic rings. The molecule has 4 rings (SSSR count). The van der Waals surface area contributed by atoms with Gasteiger partial charge in [0.2, 0.25) is 0 Å². The molecule has 33 heavy (non-hydrogen) atoms. The normalized spacial score (nSPS) is 15.8. The second kappa shape index (κ2) is 8.88. The van der Waals surface area contributed by atoms with Crippen LogP contribution in [0.3, 0.4) is 0 Å². The first-order valence-electron chi connectivity index (χ1n) is 11.3. The van der Waals surface area contributed by atoms with Crippen molar-refractivity contribution in [1.29, 1.82) is 0 Å². The zero-order chi connectivity index (χ0) is 24.1. The van der Waals surface area contributed by atoms with E-state index in [-0.39, 0.29) is 17.2 Å². The molecule has 0 aromatic carbocycles. The maximum Gasteiger partial charge on any atom is 0.253 e. The first-order chi connectivity index (χ1) is 15.5. The minimum atomic E-state index is -2.94. The van der Waals surface area contributed by atoms with E-state index < -0.39 is 9.84 Å². The Morgan fingerprint density at radius 3 is 2.42 bits per heavy atom. The molecule has 1 saturated heterocycles. The van der Waals surface area contributed by atoms with E-state index in [1.165, 1.54) is 11.8 Å². The van der Waals surface area contributed by atoms with Gasteiger partial charge in [0.15, 0.2) is 5.13 Å². The maximum atomic E-state index is 12.4. The number of hydrogen-bond donors (Lipinski definition) is 1. The molecule has 3 aromatic heterocycles. The fraction of sp³-hybridized carbons (Fsp3) is 0.565. The summed E-state index contributed by atoms with van der Waals surface area (Å²) in [6.07, 6.45) is 3.21. The SMILES string of the molecule is Cc1c(-c2[nH]c3sc(N4CCN(CCS(C)(=O)=O)CC4)nc3c2C(C)C)cn(C)c(=O)c1C. The van der Waals surface area contributed by atoms with Gasteiger partial charge in [-0.2, -0.15) is 0 Å². The first kappa shape index (κ1) is 24.0. The summed E-state index contributed by atoms with van der Waals surface area (Å²) in [6, 6.07) is 0. The Kier molecular flexibility index (Phi) is 6.45. The fourth-order valence-electron chi connectivity index (χ4n) is 4.47. The number of aryl methyl sites for hydroxylation is 1. The molecule has 1 N–H and O–H groups in total. The predicted molar refractivity (Wildman–Crippen MR) is 137 cm³/mol. The quantitative estimate of drug-likeness (QED) is 0.570. The number of thiazole rings is 1. The molecule has 0 bridgehead atoms. The van der Waals surface area contributed by atoms with Gasteiger partial charge in [-0.1, -0.05) is 25.2 Å². The van der Waals surface area contributed by atoms with E-state index in [1.807, 2.05) is 20.0 Å². The van der Waals surface area contributed by atoms with Crippen molar-refractivity contribution in [1.82, 2.24) is 19.4 Å². The highest BCUT2D eigenvalue weighted by Gasteiger charge is 2.25. The lowest BCUT2D eigenvalue weighted by atomic mass is 9.96. The van der Waals surface area contributed by atoms with Gasteiger partial charge < -0.3 is 14.5 Å². The van der Waals surface area contributed by atoms with E-state index >= 15 is 0 Å². The van der Waals surface area contributed by atoms with Gasteiger partial charge in [-0.15, -0.1) is 0 Å². The Hall–Kier alpha value is -2.17. The molecule has 4 heterocycles. The van der Waals surface area contributed by atoms with Gasteiger partial charge in [-0.05, 0) is 25.3 Å². The Labute approximate surface area is 199 Å². The molecule has 0 atom stereocenters. The standard InChI is InChI=1S/C23H33N5O3S2/c1-14(2)18-19(17-13-26(5)22(29)16(4)15(17)3)24-21-20(18)25-23(32-21)28-9-7-27(8-10-28)11-12-33(6,30)31/h13-14,24H,7-12H2,1-6H3.